The molecule has 1 aromatic rings. The molecule has 0 aliphatic heterocycles. The maximum Gasteiger partial charge on any atom is 0.129 e. The zero-order valence-electron chi connectivity index (χ0n) is 10.6. The summed E-state index contributed by atoms with van der Waals surface area (Å²) < 4.78 is 5.15. The van der Waals surface area contributed by atoms with Gasteiger partial charge in [0.05, 0.1) is 11.9 Å². The van der Waals surface area contributed by atoms with Crippen molar-refractivity contribution in [2.24, 2.45) is 5.41 Å². The van der Waals surface area contributed by atoms with Crippen LogP contribution in [0.2, 0.25) is 0 Å². The number of aromatic nitrogens is 1. The van der Waals surface area contributed by atoms with Crippen molar-refractivity contribution in [1.29, 1.82) is 0 Å². The van der Waals surface area contributed by atoms with E-state index >= 15 is 0 Å². The molecule has 1 saturated carbocycles. The predicted octanol–water partition coefficient (Wildman–Crippen LogP) is 2.20. The van der Waals surface area contributed by atoms with Crippen LogP contribution in [0.5, 0.6) is 0 Å². The zero-order valence-corrected chi connectivity index (χ0v) is 10.6. The minimum absolute atomic E-state index is 0.436. The van der Waals surface area contributed by atoms with E-state index in [0.717, 1.165) is 31.0 Å². The Morgan fingerprint density at radius 1 is 1.53 bits per heavy atom. The molecule has 2 rings (SSSR count). The summed E-state index contributed by atoms with van der Waals surface area (Å²) in [4.78, 5) is 4.32. The molecule has 0 amide bonds. The maximum atomic E-state index is 5.68. The second kappa shape index (κ2) is 4.92. The van der Waals surface area contributed by atoms with Crippen molar-refractivity contribution in [3.63, 3.8) is 0 Å². The highest BCUT2D eigenvalue weighted by atomic mass is 16.5. The van der Waals surface area contributed by atoms with Crippen molar-refractivity contribution >= 4 is 11.5 Å². The lowest BCUT2D eigenvalue weighted by Crippen LogP contribution is -2.18. The number of hydrogen-bond donors (Lipinski definition) is 2. The number of rotatable bonds is 6. The van der Waals surface area contributed by atoms with E-state index in [9.17, 15) is 0 Å². The van der Waals surface area contributed by atoms with Crippen LogP contribution in [0.1, 0.15) is 24.8 Å². The number of nitrogen functional groups attached to an aromatic ring is 1. The molecule has 0 atom stereocenters. The van der Waals surface area contributed by atoms with Gasteiger partial charge in [-0.25, -0.2) is 4.98 Å². The lowest BCUT2D eigenvalue weighted by molar-refractivity contribution is 0.175. The van der Waals surface area contributed by atoms with Crippen LogP contribution in [0.25, 0.3) is 0 Å². The Balaban J connectivity index is 1.89. The molecule has 1 aromatic heterocycles. The highest BCUT2D eigenvalue weighted by molar-refractivity contribution is 5.50. The summed E-state index contributed by atoms with van der Waals surface area (Å²) in [6.07, 6.45) is 5.41. The van der Waals surface area contributed by atoms with Gasteiger partial charge in [0.25, 0.3) is 0 Å². The van der Waals surface area contributed by atoms with Crippen LogP contribution in [0, 0.1) is 12.3 Å². The van der Waals surface area contributed by atoms with Crippen molar-refractivity contribution in [2.45, 2.75) is 26.2 Å². The molecule has 1 aliphatic rings. The van der Waals surface area contributed by atoms with E-state index < -0.39 is 0 Å². The molecule has 1 heterocycles. The summed E-state index contributed by atoms with van der Waals surface area (Å²) in [6, 6.07) is 1.95. The SMILES string of the molecule is COCCC1(CNc2ncc(N)cc2C)CC1. The monoisotopic (exact) mass is 235 g/mol. The molecule has 0 spiro atoms. The van der Waals surface area contributed by atoms with Gasteiger partial charge < -0.3 is 15.8 Å². The highest BCUT2D eigenvalue weighted by Crippen LogP contribution is 2.48. The number of anilines is 2. The van der Waals surface area contributed by atoms with Gasteiger partial charge in [-0.3, -0.25) is 0 Å². The second-order valence-electron chi connectivity index (χ2n) is 5.03. The molecule has 0 radical (unpaired) electrons. The van der Waals surface area contributed by atoms with Gasteiger partial charge in [-0.1, -0.05) is 0 Å². The first-order valence-electron chi connectivity index (χ1n) is 6.10. The average Bonchev–Trinajstić information content (AvgIpc) is 3.06. The Morgan fingerprint density at radius 3 is 2.88 bits per heavy atom. The number of methoxy groups -OCH3 is 1. The number of nitrogens with one attached hydrogen (secondary N) is 1. The molecule has 0 unspecified atom stereocenters. The Labute approximate surface area is 103 Å². The molecule has 1 aliphatic carbocycles. The Kier molecular flexibility index (Phi) is 3.52. The second-order valence-corrected chi connectivity index (χ2v) is 5.03. The van der Waals surface area contributed by atoms with Crippen LogP contribution in [-0.2, 0) is 4.74 Å². The van der Waals surface area contributed by atoms with E-state index in [1.807, 2.05) is 13.0 Å². The van der Waals surface area contributed by atoms with Crippen molar-refractivity contribution < 1.29 is 4.74 Å². The number of hydrogen-bond acceptors (Lipinski definition) is 4. The first-order chi connectivity index (χ1) is 8.15. The number of nitrogens with two attached hydrogens (primary N) is 1. The average molecular weight is 235 g/mol. The fraction of sp³-hybridized carbons (Fsp3) is 0.615. The summed E-state index contributed by atoms with van der Waals surface area (Å²) in [5.74, 6) is 0.947. The molecule has 0 bridgehead atoms. The Bertz CT molecular complexity index is 388. The van der Waals surface area contributed by atoms with E-state index in [2.05, 4.69) is 10.3 Å². The van der Waals surface area contributed by atoms with Gasteiger partial charge in [-0.15, -0.1) is 0 Å². The van der Waals surface area contributed by atoms with Crippen LogP contribution in [0.15, 0.2) is 12.3 Å². The quantitative estimate of drug-likeness (QED) is 0.793. The summed E-state index contributed by atoms with van der Waals surface area (Å²) in [5, 5.41) is 3.43. The van der Waals surface area contributed by atoms with E-state index in [1.54, 1.807) is 13.3 Å². The number of ether oxygens (including phenoxy) is 1. The van der Waals surface area contributed by atoms with Gasteiger partial charge in [0.15, 0.2) is 0 Å². The van der Waals surface area contributed by atoms with Crippen LogP contribution in [0.4, 0.5) is 11.5 Å². The third-order valence-electron chi connectivity index (χ3n) is 3.52. The Morgan fingerprint density at radius 2 is 2.29 bits per heavy atom. The first kappa shape index (κ1) is 12.2. The summed E-state index contributed by atoms with van der Waals surface area (Å²) >= 11 is 0. The number of aryl methyl sites for hydroxylation is 1. The predicted molar refractivity (Wildman–Crippen MR) is 70.0 cm³/mol. The van der Waals surface area contributed by atoms with E-state index in [0.29, 0.717) is 11.1 Å². The first-order valence-corrected chi connectivity index (χ1v) is 6.10. The van der Waals surface area contributed by atoms with Crippen LogP contribution < -0.4 is 11.1 Å². The van der Waals surface area contributed by atoms with Crippen LogP contribution >= 0.6 is 0 Å². The third kappa shape index (κ3) is 3.09. The molecule has 17 heavy (non-hydrogen) atoms. The fourth-order valence-corrected chi connectivity index (χ4v) is 2.06. The molecule has 4 heteroatoms. The van der Waals surface area contributed by atoms with Gasteiger partial charge in [-0.05, 0) is 43.2 Å². The molecule has 4 nitrogen and oxygen atoms in total. The Hall–Kier alpha value is -1.29. The van der Waals surface area contributed by atoms with E-state index in [4.69, 9.17) is 10.5 Å². The van der Waals surface area contributed by atoms with Crippen LogP contribution in [-0.4, -0.2) is 25.2 Å². The van der Waals surface area contributed by atoms with E-state index in [-0.39, 0.29) is 0 Å². The molecule has 94 valence electrons. The lowest BCUT2D eigenvalue weighted by atomic mass is 10.0. The topological polar surface area (TPSA) is 60.2 Å². The minimum Gasteiger partial charge on any atom is -0.397 e. The molecule has 0 aromatic carbocycles. The molecular weight excluding hydrogens is 214 g/mol. The summed E-state index contributed by atoms with van der Waals surface area (Å²) in [7, 11) is 1.76. The van der Waals surface area contributed by atoms with Gasteiger partial charge in [0.2, 0.25) is 0 Å². The smallest absolute Gasteiger partial charge is 0.129 e. The fourth-order valence-electron chi connectivity index (χ4n) is 2.06. The number of pyridine rings is 1. The standard InChI is InChI=1S/C13H21N3O/c1-10-7-11(14)8-15-12(10)16-9-13(3-4-13)5-6-17-2/h7-8H,3-6,9,14H2,1-2H3,(H,15,16). The summed E-state index contributed by atoms with van der Waals surface area (Å²) in [5.41, 5.74) is 7.94. The van der Waals surface area contributed by atoms with Crippen molar-refractivity contribution in [2.75, 3.05) is 31.3 Å². The largest absolute Gasteiger partial charge is 0.397 e. The normalized spacial score (nSPS) is 16.8. The lowest BCUT2D eigenvalue weighted by Gasteiger charge is -2.17. The molecule has 3 N–H and O–H groups in total. The zero-order chi connectivity index (χ0) is 12.3. The highest BCUT2D eigenvalue weighted by Gasteiger charge is 2.41. The molecule has 1 fully saturated rings. The van der Waals surface area contributed by atoms with Gasteiger partial charge >= 0.3 is 0 Å². The third-order valence-corrected chi connectivity index (χ3v) is 3.52. The molecule has 0 saturated heterocycles. The number of nitrogens with zero attached hydrogens (tertiary/aromatic N) is 1. The van der Waals surface area contributed by atoms with Gasteiger partial charge in [0, 0.05) is 20.3 Å². The van der Waals surface area contributed by atoms with Gasteiger partial charge in [0.1, 0.15) is 5.82 Å². The van der Waals surface area contributed by atoms with Gasteiger partial charge in [-0.2, -0.15) is 0 Å². The van der Waals surface area contributed by atoms with Crippen molar-refractivity contribution in [3.8, 4) is 0 Å². The van der Waals surface area contributed by atoms with E-state index in [1.165, 1.54) is 12.8 Å². The minimum atomic E-state index is 0.436. The van der Waals surface area contributed by atoms with Crippen molar-refractivity contribution in [1.82, 2.24) is 4.98 Å². The summed E-state index contributed by atoms with van der Waals surface area (Å²) in [6.45, 7) is 3.85. The van der Waals surface area contributed by atoms with Crippen molar-refractivity contribution in [3.05, 3.63) is 17.8 Å². The van der Waals surface area contributed by atoms with Crippen LogP contribution in [0.3, 0.4) is 0 Å². The molecular formula is C13H21N3O. The maximum absolute atomic E-state index is 5.68.